The second-order valence-corrected chi connectivity index (χ2v) is 9.84. The Bertz CT molecular complexity index is 1440. The summed E-state index contributed by atoms with van der Waals surface area (Å²) in [6, 6.07) is 8.25. The van der Waals surface area contributed by atoms with Crippen LogP contribution in [0.1, 0.15) is 46.8 Å². The Morgan fingerprint density at radius 1 is 1.17 bits per heavy atom. The van der Waals surface area contributed by atoms with Gasteiger partial charge in [0.15, 0.2) is 0 Å². The number of rotatable bonds is 5. The lowest BCUT2D eigenvalue weighted by molar-refractivity contribution is -0.118. The van der Waals surface area contributed by atoms with Crippen LogP contribution in [-0.4, -0.2) is 67.3 Å². The van der Waals surface area contributed by atoms with Crippen molar-refractivity contribution in [3.8, 4) is 11.3 Å². The van der Waals surface area contributed by atoms with Crippen molar-refractivity contribution in [2.45, 2.75) is 32.6 Å². The van der Waals surface area contributed by atoms with Gasteiger partial charge in [0, 0.05) is 67.1 Å². The topological polar surface area (TPSA) is 173 Å². The van der Waals surface area contributed by atoms with Crippen LogP contribution >= 0.6 is 0 Å². The number of aromatic nitrogens is 1. The van der Waals surface area contributed by atoms with Gasteiger partial charge in [0.05, 0.1) is 24.4 Å². The van der Waals surface area contributed by atoms with Crippen molar-refractivity contribution in [1.29, 1.82) is 5.41 Å². The normalized spacial score (nSPS) is 13.9. The Morgan fingerprint density at radius 3 is 2.40 bits per heavy atom. The third-order valence-electron chi connectivity index (χ3n) is 6.98. The number of halogens is 1. The quantitative estimate of drug-likeness (QED) is 0.229. The first kappa shape index (κ1) is 32.2. The second kappa shape index (κ2) is 15.6. The van der Waals surface area contributed by atoms with Gasteiger partial charge in [-0.15, -0.1) is 0 Å². The molecular formula is C31H40FN7O3. The number of hydrogen-bond acceptors (Lipinski definition) is 8. The Kier molecular flexibility index (Phi) is 11.9. The predicted octanol–water partition coefficient (Wildman–Crippen LogP) is 3.14. The van der Waals surface area contributed by atoms with E-state index in [9.17, 15) is 9.59 Å². The molecule has 2 aliphatic rings. The van der Waals surface area contributed by atoms with E-state index < -0.39 is 5.82 Å². The smallest absolute Gasteiger partial charge is 0.254 e. The molecule has 0 spiro atoms. The number of pyridine rings is 1. The van der Waals surface area contributed by atoms with E-state index in [0.29, 0.717) is 73.0 Å². The minimum absolute atomic E-state index is 0.0227. The van der Waals surface area contributed by atoms with Gasteiger partial charge in [0.25, 0.3) is 5.91 Å². The number of nitrogen functional groups attached to an aromatic ring is 1. The van der Waals surface area contributed by atoms with Gasteiger partial charge in [-0.2, -0.15) is 0 Å². The molecule has 224 valence electrons. The lowest BCUT2D eigenvalue weighted by atomic mass is 9.84. The number of aryl methyl sites for hydroxylation is 1. The monoisotopic (exact) mass is 577 g/mol. The van der Waals surface area contributed by atoms with Crippen LogP contribution in [0.2, 0.25) is 0 Å². The zero-order valence-electron chi connectivity index (χ0n) is 24.0. The molecule has 0 bridgehead atoms. The van der Waals surface area contributed by atoms with Gasteiger partial charge in [0.1, 0.15) is 5.82 Å². The van der Waals surface area contributed by atoms with Crippen LogP contribution in [0.25, 0.3) is 22.2 Å². The number of fused-ring (bicyclic) bond motifs is 3. The molecule has 0 saturated carbocycles. The summed E-state index contributed by atoms with van der Waals surface area (Å²) in [5, 5.41) is 11.3. The molecule has 0 atom stereocenters. The van der Waals surface area contributed by atoms with E-state index in [1.807, 2.05) is 6.07 Å². The number of morpholine rings is 1. The van der Waals surface area contributed by atoms with Crippen LogP contribution in [0.4, 0.5) is 10.1 Å². The molecule has 1 aliphatic carbocycles. The van der Waals surface area contributed by atoms with Crippen LogP contribution in [0, 0.1) is 11.2 Å². The highest BCUT2D eigenvalue weighted by Gasteiger charge is 2.24. The number of carbonyl (C=O) groups is 2. The summed E-state index contributed by atoms with van der Waals surface area (Å²) in [5.74, 6) is -0.657. The zero-order valence-corrected chi connectivity index (χ0v) is 24.0. The fourth-order valence-corrected chi connectivity index (χ4v) is 5.08. The number of nitrogens with two attached hydrogens (primary N) is 3. The van der Waals surface area contributed by atoms with Crippen molar-refractivity contribution in [2.24, 2.45) is 11.5 Å². The van der Waals surface area contributed by atoms with Gasteiger partial charge < -0.3 is 37.6 Å². The molecule has 8 N–H and O–H groups in total. The summed E-state index contributed by atoms with van der Waals surface area (Å²) in [6.45, 7) is 7.73. The molecule has 42 heavy (non-hydrogen) atoms. The SMILES string of the molecule is C=CN.CC(=O)NCCN.N=Cc1c(N)ccc2nc(-c3ccc(C(=O)N4CCOCC4)cc3F)c3c(c12)CCCC3. The van der Waals surface area contributed by atoms with Crippen LogP contribution < -0.4 is 22.5 Å². The van der Waals surface area contributed by atoms with Crippen molar-refractivity contribution in [3.05, 3.63) is 71.2 Å². The zero-order chi connectivity index (χ0) is 30.6. The highest BCUT2D eigenvalue weighted by Crippen LogP contribution is 2.38. The Hall–Kier alpha value is -4.35. The highest BCUT2D eigenvalue weighted by molar-refractivity contribution is 6.05. The highest BCUT2D eigenvalue weighted by atomic mass is 19.1. The minimum Gasteiger partial charge on any atom is -0.405 e. The number of benzene rings is 2. The number of nitrogens with one attached hydrogen (secondary N) is 2. The second-order valence-electron chi connectivity index (χ2n) is 9.84. The average molecular weight is 578 g/mol. The van der Waals surface area contributed by atoms with Crippen LogP contribution in [0.3, 0.4) is 0 Å². The van der Waals surface area contributed by atoms with Crippen molar-refractivity contribution in [2.75, 3.05) is 45.1 Å². The molecule has 1 aromatic heterocycles. The minimum atomic E-state index is -0.452. The van der Waals surface area contributed by atoms with Gasteiger partial charge in [0.2, 0.25) is 5.91 Å². The van der Waals surface area contributed by atoms with Gasteiger partial charge in [-0.3, -0.25) is 9.59 Å². The summed E-state index contributed by atoms with van der Waals surface area (Å²) in [4.78, 5) is 29.3. The third-order valence-corrected chi connectivity index (χ3v) is 6.98. The van der Waals surface area contributed by atoms with Crippen LogP contribution in [0.5, 0.6) is 0 Å². The van der Waals surface area contributed by atoms with Crippen LogP contribution in [-0.2, 0) is 22.4 Å². The average Bonchev–Trinajstić information content (AvgIpc) is 3.00. The molecule has 0 unspecified atom stereocenters. The van der Waals surface area contributed by atoms with Crippen molar-refractivity contribution >= 4 is 34.6 Å². The predicted molar refractivity (Wildman–Crippen MR) is 165 cm³/mol. The maximum atomic E-state index is 15.4. The fraction of sp³-hybridized carbons (Fsp3) is 0.355. The molecule has 0 radical (unpaired) electrons. The number of carbonyl (C=O) groups excluding carboxylic acids is 2. The number of anilines is 1. The van der Waals surface area contributed by atoms with E-state index in [2.05, 4.69) is 17.6 Å². The standard InChI is InChI=1S/C25H25FN4O2.C4H10N2O.C2H5N/c26-20-13-15(25(31)30-9-11-32-12-10-30)5-6-18(20)24-17-4-2-1-3-16(17)23-19(14-27)21(28)7-8-22(23)29-24;1-4(7)6-3-2-5;1-2-3/h5-8,13-14,27H,1-4,9-12,28H2;2-3,5H2,1H3,(H,6,7);2H,1,3H2. The lowest BCUT2D eigenvalue weighted by Crippen LogP contribution is -2.40. The van der Waals surface area contributed by atoms with E-state index in [4.69, 9.17) is 26.6 Å². The van der Waals surface area contributed by atoms with Gasteiger partial charge in [-0.1, -0.05) is 6.58 Å². The molecule has 2 heterocycles. The van der Waals surface area contributed by atoms with Gasteiger partial charge in [-0.25, -0.2) is 9.37 Å². The van der Waals surface area contributed by atoms with Gasteiger partial charge >= 0.3 is 0 Å². The molecule has 1 fully saturated rings. The summed E-state index contributed by atoms with van der Waals surface area (Å²) >= 11 is 0. The van der Waals surface area contributed by atoms with E-state index >= 15 is 4.39 Å². The molecule has 2 aromatic carbocycles. The Balaban J connectivity index is 0.000000420. The van der Waals surface area contributed by atoms with E-state index in [1.165, 1.54) is 25.4 Å². The molecular weight excluding hydrogens is 537 g/mol. The largest absolute Gasteiger partial charge is 0.405 e. The first-order chi connectivity index (χ1) is 20.3. The summed E-state index contributed by atoms with van der Waals surface area (Å²) < 4.78 is 20.7. The maximum Gasteiger partial charge on any atom is 0.254 e. The first-order valence-corrected chi connectivity index (χ1v) is 14.0. The molecule has 1 saturated heterocycles. The molecule has 5 rings (SSSR count). The lowest BCUT2D eigenvalue weighted by Gasteiger charge is -2.27. The van der Waals surface area contributed by atoms with E-state index in [0.717, 1.165) is 42.2 Å². The number of ether oxygens (including phenoxy) is 1. The van der Waals surface area contributed by atoms with Crippen LogP contribution in [0.15, 0.2) is 43.1 Å². The number of nitrogens with zero attached hydrogens (tertiary/aromatic N) is 2. The molecule has 10 nitrogen and oxygen atoms in total. The first-order valence-electron chi connectivity index (χ1n) is 14.0. The number of hydrogen-bond donors (Lipinski definition) is 5. The molecule has 1 aliphatic heterocycles. The summed E-state index contributed by atoms with van der Waals surface area (Å²) in [6.07, 6.45) is 6.22. The Labute approximate surface area is 245 Å². The van der Waals surface area contributed by atoms with E-state index in [1.54, 1.807) is 23.1 Å². The van der Waals surface area contributed by atoms with Crippen molar-refractivity contribution in [3.63, 3.8) is 0 Å². The fourth-order valence-electron chi connectivity index (χ4n) is 5.08. The number of amides is 2. The maximum absolute atomic E-state index is 15.4. The van der Waals surface area contributed by atoms with E-state index in [-0.39, 0.29) is 11.8 Å². The van der Waals surface area contributed by atoms with Crippen molar-refractivity contribution < 1.29 is 18.7 Å². The third kappa shape index (κ3) is 7.68. The summed E-state index contributed by atoms with van der Waals surface area (Å²) in [5.41, 5.74) is 21.2. The molecule has 2 amide bonds. The molecule has 11 heteroatoms. The summed E-state index contributed by atoms with van der Waals surface area (Å²) in [7, 11) is 0. The molecule has 3 aromatic rings. The van der Waals surface area contributed by atoms with Gasteiger partial charge in [-0.05, 0) is 73.3 Å². The Morgan fingerprint density at radius 2 is 1.83 bits per heavy atom. The van der Waals surface area contributed by atoms with Crippen molar-refractivity contribution in [1.82, 2.24) is 15.2 Å².